The van der Waals surface area contributed by atoms with Crippen LogP contribution in [0.2, 0.25) is 5.02 Å². The summed E-state index contributed by atoms with van der Waals surface area (Å²) >= 11 is 5.75. The summed E-state index contributed by atoms with van der Waals surface area (Å²) in [6, 6.07) is 11.1. The molecule has 1 aliphatic rings. The molecule has 1 saturated heterocycles. The van der Waals surface area contributed by atoms with Crippen LogP contribution in [0, 0.1) is 5.82 Å². The normalized spacial score (nSPS) is 14.4. The van der Waals surface area contributed by atoms with Crippen LogP contribution in [-0.2, 0) is 22.7 Å². The van der Waals surface area contributed by atoms with Gasteiger partial charge < -0.3 is 15.1 Å². The molecule has 0 atom stereocenters. The molecular formula is C22H23ClFN3O3. The van der Waals surface area contributed by atoms with Crippen LogP contribution in [-0.4, -0.2) is 46.7 Å². The summed E-state index contributed by atoms with van der Waals surface area (Å²) in [7, 11) is 0. The van der Waals surface area contributed by atoms with Crippen molar-refractivity contribution in [1.29, 1.82) is 0 Å². The maximum Gasteiger partial charge on any atom is 0.312 e. The molecule has 0 bridgehead atoms. The topological polar surface area (TPSA) is 69.7 Å². The van der Waals surface area contributed by atoms with Crippen molar-refractivity contribution < 1.29 is 18.8 Å². The smallest absolute Gasteiger partial charge is 0.312 e. The van der Waals surface area contributed by atoms with Gasteiger partial charge in [-0.3, -0.25) is 14.4 Å². The van der Waals surface area contributed by atoms with Crippen LogP contribution in [0.5, 0.6) is 0 Å². The fourth-order valence-electron chi connectivity index (χ4n) is 3.25. The van der Waals surface area contributed by atoms with Gasteiger partial charge in [-0.15, -0.1) is 0 Å². The number of piperazine rings is 1. The molecule has 30 heavy (non-hydrogen) atoms. The SMILES string of the molecule is CC(C)N1CCN(Cc2ccc(C(=O)NCc3ccc(F)c(Cl)c3)cc2)C(=O)C1=O. The first kappa shape index (κ1) is 21.8. The van der Waals surface area contributed by atoms with E-state index in [1.165, 1.54) is 17.0 Å². The van der Waals surface area contributed by atoms with E-state index in [9.17, 15) is 18.8 Å². The van der Waals surface area contributed by atoms with Gasteiger partial charge in [-0.1, -0.05) is 29.8 Å². The Labute approximate surface area is 179 Å². The van der Waals surface area contributed by atoms with E-state index in [1.54, 1.807) is 35.2 Å². The van der Waals surface area contributed by atoms with E-state index in [1.807, 2.05) is 13.8 Å². The van der Waals surface area contributed by atoms with Crippen molar-refractivity contribution in [2.45, 2.75) is 33.0 Å². The minimum absolute atomic E-state index is 0.00710. The summed E-state index contributed by atoms with van der Waals surface area (Å²) in [5, 5.41) is 2.76. The standard InChI is InChI=1S/C22H23ClFN3O3/c1-14(2)27-10-9-26(21(29)22(27)30)13-15-3-6-17(7-4-15)20(28)25-12-16-5-8-19(24)18(23)11-16/h3-8,11,14H,9-10,12-13H2,1-2H3,(H,25,28). The van der Waals surface area contributed by atoms with E-state index >= 15 is 0 Å². The van der Waals surface area contributed by atoms with Crippen molar-refractivity contribution in [2.75, 3.05) is 13.1 Å². The Morgan fingerprint density at radius 1 is 1.07 bits per heavy atom. The molecule has 0 aliphatic carbocycles. The molecule has 158 valence electrons. The Hall–Kier alpha value is -2.93. The molecule has 1 fully saturated rings. The summed E-state index contributed by atoms with van der Waals surface area (Å²) in [5.41, 5.74) is 1.98. The lowest BCUT2D eigenvalue weighted by Crippen LogP contribution is -2.55. The Morgan fingerprint density at radius 2 is 1.73 bits per heavy atom. The summed E-state index contributed by atoms with van der Waals surface area (Å²) in [6.07, 6.45) is 0. The monoisotopic (exact) mass is 431 g/mol. The largest absolute Gasteiger partial charge is 0.348 e. The van der Waals surface area contributed by atoms with Gasteiger partial charge in [0.1, 0.15) is 5.82 Å². The summed E-state index contributed by atoms with van der Waals surface area (Å²) in [6.45, 7) is 5.29. The molecule has 0 spiro atoms. The van der Waals surface area contributed by atoms with Gasteiger partial charge in [0, 0.05) is 37.8 Å². The van der Waals surface area contributed by atoms with Crippen LogP contribution < -0.4 is 5.32 Å². The van der Waals surface area contributed by atoms with Crippen molar-refractivity contribution in [3.8, 4) is 0 Å². The zero-order valence-corrected chi connectivity index (χ0v) is 17.6. The van der Waals surface area contributed by atoms with E-state index in [0.29, 0.717) is 30.8 Å². The van der Waals surface area contributed by atoms with E-state index in [0.717, 1.165) is 5.56 Å². The summed E-state index contributed by atoms with van der Waals surface area (Å²) in [5.74, 6) is -1.77. The first-order chi connectivity index (χ1) is 14.3. The van der Waals surface area contributed by atoms with Gasteiger partial charge in [0.05, 0.1) is 5.02 Å². The number of amides is 3. The minimum Gasteiger partial charge on any atom is -0.348 e. The molecule has 0 radical (unpaired) electrons. The molecule has 2 aromatic carbocycles. The highest BCUT2D eigenvalue weighted by Gasteiger charge is 2.33. The van der Waals surface area contributed by atoms with Gasteiger partial charge >= 0.3 is 11.8 Å². The summed E-state index contributed by atoms with van der Waals surface area (Å²) in [4.78, 5) is 39.9. The summed E-state index contributed by atoms with van der Waals surface area (Å²) < 4.78 is 13.2. The van der Waals surface area contributed by atoms with E-state index in [-0.39, 0.29) is 23.5 Å². The molecule has 3 amide bonds. The Bertz CT molecular complexity index is 963. The first-order valence-corrected chi connectivity index (χ1v) is 10.0. The van der Waals surface area contributed by atoms with Crippen LogP contribution >= 0.6 is 11.6 Å². The molecule has 8 heteroatoms. The molecule has 0 saturated carbocycles. The lowest BCUT2D eigenvalue weighted by atomic mass is 10.1. The number of carbonyl (C=O) groups is 3. The second-order valence-corrected chi connectivity index (χ2v) is 7.85. The Morgan fingerprint density at radius 3 is 2.37 bits per heavy atom. The average Bonchev–Trinajstić information content (AvgIpc) is 2.72. The number of nitrogens with one attached hydrogen (secondary N) is 1. The Kier molecular flexibility index (Phi) is 6.72. The lowest BCUT2D eigenvalue weighted by molar-refractivity contribution is -0.157. The number of nitrogens with zero attached hydrogens (tertiary/aromatic N) is 2. The van der Waals surface area contributed by atoms with Crippen LogP contribution in [0.3, 0.4) is 0 Å². The molecule has 2 aromatic rings. The van der Waals surface area contributed by atoms with E-state index in [4.69, 9.17) is 11.6 Å². The quantitative estimate of drug-likeness (QED) is 0.715. The third-order valence-electron chi connectivity index (χ3n) is 4.99. The van der Waals surface area contributed by atoms with Crippen LogP contribution in [0.25, 0.3) is 0 Å². The number of halogens is 2. The van der Waals surface area contributed by atoms with Crippen molar-refractivity contribution in [2.24, 2.45) is 0 Å². The van der Waals surface area contributed by atoms with Crippen LogP contribution in [0.15, 0.2) is 42.5 Å². The van der Waals surface area contributed by atoms with Crippen LogP contribution in [0.1, 0.15) is 35.3 Å². The van der Waals surface area contributed by atoms with Gasteiger partial charge in [-0.25, -0.2) is 4.39 Å². The van der Waals surface area contributed by atoms with Crippen molar-refractivity contribution in [3.63, 3.8) is 0 Å². The molecule has 1 heterocycles. The number of carbonyl (C=O) groups excluding carboxylic acids is 3. The maximum absolute atomic E-state index is 13.2. The minimum atomic E-state index is -0.506. The van der Waals surface area contributed by atoms with Crippen LogP contribution in [0.4, 0.5) is 4.39 Å². The predicted octanol–water partition coefficient (Wildman–Crippen LogP) is 2.99. The van der Waals surface area contributed by atoms with Crippen molar-refractivity contribution in [3.05, 3.63) is 70.0 Å². The highest BCUT2D eigenvalue weighted by molar-refractivity contribution is 6.35. The zero-order chi connectivity index (χ0) is 21.8. The second-order valence-electron chi connectivity index (χ2n) is 7.45. The first-order valence-electron chi connectivity index (χ1n) is 9.67. The second kappa shape index (κ2) is 9.26. The molecule has 0 unspecified atom stereocenters. The van der Waals surface area contributed by atoms with Gasteiger partial charge in [-0.2, -0.15) is 0 Å². The average molecular weight is 432 g/mol. The molecule has 0 aromatic heterocycles. The fourth-order valence-corrected chi connectivity index (χ4v) is 3.45. The molecular weight excluding hydrogens is 409 g/mol. The molecule has 1 N–H and O–H groups in total. The predicted molar refractivity (Wildman–Crippen MR) is 111 cm³/mol. The zero-order valence-electron chi connectivity index (χ0n) is 16.8. The lowest BCUT2D eigenvalue weighted by Gasteiger charge is -2.36. The third-order valence-corrected chi connectivity index (χ3v) is 5.28. The third kappa shape index (κ3) is 4.97. The number of hydrogen-bond donors (Lipinski definition) is 1. The highest BCUT2D eigenvalue weighted by Crippen LogP contribution is 2.16. The highest BCUT2D eigenvalue weighted by atomic mass is 35.5. The molecule has 3 rings (SSSR count). The van der Waals surface area contributed by atoms with Crippen molar-refractivity contribution in [1.82, 2.24) is 15.1 Å². The number of rotatable bonds is 6. The molecule has 6 nitrogen and oxygen atoms in total. The number of benzene rings is 2. The fraction of sp³-hybridized carbons (Fsp3) is 0.318. The molecule has 1 aliphatic heterocycles. The van der Waals surface area contributed by atoms with Gasteiger partial charge in [0.25, 0.3) is 5.91 Å². The number of hydrogen-bond acceptors (Lipinski definition) is 3. The van der Waals surface area contributed by atoms with Gasteiger partial charge in [0.2, 0.25) is 0 Å². The van der Waals surface area contributed by atoms with E-state index < -0.39 is 17.6 Å². The van der Waals surface area contributed by atoms with E-state index in [2.05, 4.69) is 5.32 Å². The van der Waals surface area contributed by atoms with Gasteiger partial charge in [-0.05, 0) is 49.2 Å². The maximum atomic E-state index is 13.2. The van der Waals surface area contributed by atoms with Gasteiger partial charge in [0.15, 0.2) is 0 Å². The Balaban J connectivity index is 1.57. The van der Waals surface area contributed by atoms with Crippen molar-refractivity contribution >= 4 is 29.3 Å².